The molecule has 2 aliphatic heterocycles. The zero-order chi connectivity index (χ0) is 13.7. The van der Waals surface area contributed by atoms with Crippen molar-refractivity contribution in [2.24, 2.45) is 5.92 Å². The summed E-state index contributed by atoms with van der Waals surface area (Å²) < 4.78 is 5.64. The molecule has 112 valence electrons. The fourth-order valence-corrected chi connectivity index (χ4v) is 3.62. The fraction of sp³-hybridized carbons (Fsp3) is 1.00. The zero-order valence-corrected chi connectivity index (χ0v) is 12.9. The first-order chi connectivity index (χ1) is 9.24. The molecule has 1 N–H and O–H groups in total. The van der Waals surface area contributed by atoms with Crippen LogP contribution in [0, 0.1) is 5.92 Å². The van der Waals surface area contributed by atoms with E-state index in [1.807, 2.05) is 0 Å². The number of hydrogen-bond donors (Lipinski definition) is 1. The van der Waals surface area contributed by atoms with Crippen LogP contribution in [0.5, 0.6) is 0 Å². The van der Waals surface area contributed by atoms with E-state index in [1.165, 1.54) is 32.5 Å². The second-order valence-electron chi connectivity index (χ2n) is 6.11. The summed E-state index contributed by atoms with van der Waals surface area (Å²) in [5.74, 6) is 0.654. The lowest BCUT2D eigenvalue weighted by atomic mass is 10.0. The lowest BCUT2D eigenvalue weighted by Crippen LogP contribution is -2.44. The second kappa shape index (κ2) is 7.58. The molecule has 19 heavy (non-hydrogen) atoms. The highest BCUT2D eigenvalue weighted by Crippen LogP contribution is 2.19. The topological polar surface area (TPSA) is 27.7 Å². The van der Waals surface area contributed by atoms with Crippen LogP contribution in [0.25, 0.3) is 0 Å². The lowest BCUT2D eigenvalue weighted by Gasteiger charge is -2.30. The third-order valence-electron chi connectivity index (χ3n) is 4.64. The highest BCUT2D eigenvalue weighted by atomic mass is 16.5. The molecule has 0 aliphatic carbocycles. The highest BCUT2D eigenvalue weighted by Gasteiger charge is 2.30. The SMILES string of the molecule is CCNC1COCC1CN(C)CC1CCCN1CC. The Kier molecular flexibility index (Phi) is 6.07. The first-order valence-electron chi connectivity index (χ1n) is 7.98. The Bertz CT molecular complexity index is 262. The van der Waals surface area contributed by atoms with Crippen LogP contribution < -0.4 is 5.32 Å². The van der Waals surface area contributed by atoms with Gasteiger partial charge in [0.2, 0.25) is 0 Å². The number of nitrogens with one attached hydrogen (secondary N) is 1. The van der Waals surface area contributed by atoms with Gasteiger partial charge < -0.3 is 15.0 Å². The number of rotatable bonds is 7. The maximum atomic E-state index is 5.64. The van der Waals surface area contributed by atoms with Gasteiger partial charge in [0, 0.05) is 31.1 Å². The van der Waals surface area contributed by atoms with Crippen LogP contribution in [0.3, 0.4) is 0 Å². The summed E-state index contributed by atoms with van der Waals surface area (Å²) >= 11 is 0. The van der Waals surface area contributed by atoms with Crippen LogP contribution >= 0.6 is 0 Å². The maximum absolute atomic E-state index is 5.64. The van der Waals surface area contributed by atoms with Crippen molar-refractivity contribution in [3.05, 3.63) is 0 Å². The second-order valence-corrected chi connectivity index (χ2v) is 6.11. The van der Waals surface area contributed by atoms with Gasteiger partial charge in [-0.2, -0.15) is 0 Å². The van der Waals surface area contributed by atoms with Gasteiger partial charge in [0.1, 0.15) is 0 Å². The lowest BCUT2D eigenvalue weighted by molar-refractivity contribution is 0.158. The minimum Gasteiger partial charge on any atom is -0.379 e. The number of likely N-dealkylation sites (tertiary alicyclic amines) is 1. The van der Waals surface area contributed by atoms with E-state index >= 15 is 0 Å². The van der Waals surface area contributed by atoms with E-state index in [-0.39, 0.29) is 0 Å². The average Bonchev–Trinajstić information content (AvgIpc) is 3.00. The van der Waals surface area contributed by atoms with Crippen LogP contribution in [0.4, 0.5) is 0 Å². The van der Waals surface area contributed by atoms with Crippen molar-refractivity contribution in [2.75, 3.05) is 53.0 Å². The van der Waals surface area contributed by atoms with E-state index in [2.05, 4.69) is 36.0 Å². The first-order valence-corrected chi connectivity index (χ1v) is 7.98. The maximum Gasteiger partial charge on any atom is 0.0623 e. The predicted molar refractivity (Wildman–Crippen MR) is 79.5 cm³/mol. The zero-order valence-electron chi connectivity index (χ0n) is 12.9. The van der Waals surface area contributed by atoms with Crippen molar-refractivity contribution < 1.29 is 4.74 Å². The van der Waals surface area contributed by atoms with Gasteiger partial charge >= 0.3 is 0 Å². The summed E-state index contributed by atoms with van der Waals surface area (Å²) in [5.41, 5.74) is 0. The molecule has 2 saturated heterocycles. The molecule has 3 atom stereocenters. The molecule has 0 spiro atoms. The Morgan fingerprint density at radius 1 is 1.26 bits per heavy atom. The van der Waals surface area contributed by atoms with Crippen molar-refractivity contribution in [1.29, 1.82) is 0 Å². The molecule has 0 aromatic heterocycles. The highest BCUT2D eigenvalue weighted by molar-refractivity contribution is 4.85. The summed E-state index contributed by atoms with van der Waals surface area (Å²) in [6.07, 6.45) is 2.74. The summed E-state index contributed by atoms with van der Waals surface area (Å²) in [6, 6.07) is 1.33. The van der Waals surface area contributed by atoms with Gasteiger partial charge in [-0.15, -0.1) is 0 Å². The fourth-order valence-electron chi connectivity index (χ4n) is 3.62. The van der Waals surface area contributed by atoms with E-state index in [9.17, 15) is 0 Å². The normalized spacial score (nSPS) is 32.5. The summed E-state index contributed by atoms with van der Waals surface area (Å²) in [4.78, 5) is 5.14. The quantitative estimate of drug-likeness (QED) is 0.747. The molecule has 4 nitrogen and oxygen atoms in total. The van der Waals surface area contributed by atoms with Gasteiger partial charge in [0.15, 0.2) is 0 Å². The Morgan fingerprint density at radius 2 is 2.11 bits per heavy atom. The van der Waals surface area contributed by atoms with E-state index in [1.54, 1.807) is 0 Å². The summed E-state index contributed by atoms with van der Waals surface area (Å²) in [6.45, 7) is 12.2. The minimum atomic E-state index is 0.554. The van der Waals surface area contributed by atoms with Gasteiger partial charge in [-0.1, -0.05) is 13.8 Å². The van der Waals surface area contributed by atoms with Crippen LogP contribution in [0.15, 0.2) is 0 Å². The molecule has 2 rings (SSSR count). The number of ether oxygens (including phenoxy) is 1. The van der Waals surface area contributed by atoms with E-state index < -0.39 is 0 Å². The van der Waals surface area contributed by atoms with Crippen LogP contribution in [-0.2, 0) is 4.74 Å². The third kappa shape index (κ3) is 4.15. The van der Waals surface area contributed by atoms with Crippen molar-refractivity contribution >= 4 is 0 Å². The predicted octanol–water partition coefficient (Wildman–Crippen LogP) is 1.03. The molecule has 4 heteroatoms. The molecule has 0 aromatic rings. The van der Waals surface area contributed by atoms with E-state index in [0.29, 0.717) is 12.0 Å². The first kappa shape index (κ1) is 15.2. The average molecular weight is 269 g/mol. The molecule has 0 bridgehead atoms. The number of hydrogen-bond acceptors (Lipinski definition) is 4. The van der Waals surface area contributed by atoms with Crippen molar-refractivity contribution in [3.63, 3.8) is 0 Å². The molecular weight excluding hydrogens is 238 g/mol. The molecule has 0 saturated carbocycles. The standard InChI is InChI=1S/C15H31N3O/c1-4-16-15-12-19-11-13(15)9-17(3)10-14-7-6-8-18(14)5-2/h13-16H,4-12H2,1-3H3. The van der Waals surface area contributed by atoms with Gasteiger partial charge in [-0.05, 0) is 39.5 Å². The van der Waals surface area contributed by atoms with Crippen LogP contribution in [0.2, 0.25) is 0 Å². The molecule has 3 unspecified atom stereocenters. The summed E-state index contributed by atoms with van der Waals surface area (Å²) in [7, 11) is 2.27. The summed E-state index contributed by atoms with van der Waals surface area (Å²) in [5, 5.41) is 3.55. The Labute approximate surface area is 118 Å². The van der Waals surface area contributed by atoms with Gasteiger partial charge in [0.25, 0.3) is 0 Å². The van der Waals surface area contributed by atoms with E-state index in [4.69, 9.17) is 4.74 Å². The Morgan fingerprint density at radius 3 is 2.84 bits per heavy atom. The number of nitrogens with zero attached hydrogens (tertiary/aromatic N) is 2. The third-order valence-corrected chi connectivity index (χ3v) is 4.64. The molecular formula is C15H31N3O. The molecule has 2 heterocycles. The van der Waals surface area contributed by atoms with Crippen molar-refractivity contribution in [2.45, 2.75) is 38.8 Å². The Hall–Kier alpha value is -0.160. The number of likely N-dealkylation sites (N-methyl/N-ethyl adjacent to an activating group) is 3. The molecule has 0 radical (unpaired) electrons. The molecule has 2 fully saturated rings. The van der Waals surface area contributed by atoms with Gasteiger partial charge in [-0.3, -0.25) is 4.90 Å². The Balaban J connectivity index is 1.75. The van der Waals surface area contributed by atoms with Gasteiger partial charge in [-0.25, -0.2) is 0 Å². The van der Waals surface area contributed by atoms with Crippen molar-refractivity contribution in [1.82, 2.24) is 15.1 Å². The molecule has 0 aromatic carbocycles. The smallest absolute Gasteiger partial charge is 0.0623 e. The molecule has 0 amide bonds. The van der Waals surface area contributed by atoms with Crippen LogP contribution in [0.1, 0.15) is 26.7 Å². The molecule has 2 aliphatic rings. The van der Waals surface area contributed by atoms with Crippen LogP contribution in [-0.4, -0.2) is 74.9 Å². The van der Waals surface area contributed by atoms with Crippen molar-refractivity contribution in [3.8, 4) is 0 Å². The minimum absolute atomic E-state index is 0.554. The van der Waals surface area contributed by atoms with Gasteiger partial charge in [0.05, 0.1) is 13.2 Å². The monoisotopic (exact) mass is 269 g/mol. The largest absolute Gasteiger partial charge is 0.379 e. The van der Waals surface area contributed by atoms with E-state index in [0.717, 1.165) is 32.3 Å².